The highest BCUT2D eigenvalue weighted by Crippen LogP contribution is 2.21. The Kier molecular flexibility index (Phi) is 8.46. The number of hydrogen-bond donors (Lipinski definition) is 0. The van der Waals surface area contributed by atoms with E-state index >= 15 is 0 Å². The highest BCUT2D eigenvalue weighted by molar-refractivity contribution is 5.18. The van der Waals surface area contributed by atoms with E-state index in [0.717, 1.165) is 5.92 Å². The Morgan fingerprint density at radius 3 is 2.27 bits per heavy atom. The van der Waals surface area contributed by atoms with Crippen molar-refractivity contribution in [1.29, 1.82) is 0 Å². The lowest BCUT2D eigenvalue weighted by molar-refractivity contribution is 0.463. The van der Waals surface area contributed by atoms with Gasteiger partial charge in [-0.25, -0.2) is 0 Å². The van der Waals surface area contributed by atoms with Crippen molar-refractivity contribution in [2.75, 3.05) is 0 Å². The summed E-state index contributed by atoms with van der Waals surface area (Å²) in [5, 5.41) is 0. The minimum Gasteiger partial charge on any atom is -0.0844 e. The summed E-state index contributed by atoms with van der Waals surface area (Å²) in [6, 6.07) is 0. The van der Waals surface area contributed by atoms with Crippen LogP contribution < -0.4 is 0 Å². The molecular weight excluding hydrogens is 180 g/mol. The molecule has 0 heteroatoms. The predicted octanol–water partition coefficient (Wildman–Crippen LogP) is 5.36. The van der Waals surface area contributed by atoms with Crippen LogP contribution in [0.25, 0.3) is 0 Å². The molecule has 0 amide bonds. The van der Waals surface area contributed by atoms with Crippen molar-refractivity contribution in [1.82, 2.24) is 0 Å². The smallest absolute Gasteiger partial charge is 0.0254 e. The maximum Gasteiger partial charge on any atom is -0.0254 e. The largest absolute Gasteiger partial charge is 0.0844 e. The van der Waals surface area contributed by atoms with Gasteiger partial charge in [-0.2, -0.15) is 0 Å². The molecule has 0 aliphatic heterocycles. The monoisotopic (exact) mass is 208 g/mol. The molecule has 0 fully saturated rings. The lowest BCUT2D eigenvalue weighted by Crippen LogP contribution is -1.99. The molecule has 0 heterocycles. The molecule has 1 unspecified atom stereocenters. The van der Waals surface area contributed by atoms with Gasteiger partial charge in [0.15, 0.2) is 0 Å². The molecule has 15 heavy (non-hydrogen) atoms. The summed E-state index contributed by atoms with van der Waals surface area (Å²) in [5.74, 6) is 1.53. The summed E-state index contributed by atoms with van der Waals surface area (Å²) in [4.78, 5) is 0. The van der Waals surface area contributed by atoms with Crippen LogP contribution in [0.1, 0.15) is 60.3 Å². The molecule has 0 aromatic carbocycles. The second-order valence-electron chi connectivity index (χ2n) is 4.73. The Morgan fingerprint density at radius 2 is 1.87 bits per heavy atom. The first kappa shape index (κ1) is 14.5. The summed E-state index contributed by atoms with van der Waals surface area (Å²) in [6.07, 6.45) is 12.1. The van der Waals surface area contributed by atoms with Crippen LogP contribution in [0, 0.1) is 11.8 Å². The van der Waals surface area contributed by atoms with Gasteiger partial charge in [0.05, 0.1) is 0 Å². The number of hydrogen-bond acceptors (Lipinski definition) is 0. The van der Waals surface area contributed by atoms with Crippen LogP contribution in [0.3, 0.4) is 0 Å². The fourth-order valence-corrected chi connectivity index (χ4v) is 1.79. The van der Waals surface area contributed by atoms with Gasteiger partial charge in [-0.15, -0.1) is 0 Å². The van der Waals surface area contributed by atoms with Crippen LogP contribution >= 0.6 is 0 Å². The van der Waals surface area contributed by atoms with Crippen LogP contribution in [0.2, 0.25) is 0 Å². The Bertz CT molecular complexity index is 196. The molecule has 0 spiro atoms. The molecule has 0 aliphatic rings. The van der Waals surface area contributed by atoms with Gasteiger partial charge in [-0.3, -0.25) is 0 Å². The van der Waals surface area contributed by atoms with E-state index in [1.54, 1.807) is 0 Å². The van der Waals surface area contributed by atoms with Crippen molar-refractivity contribution < 1.29 is 0 Å². The lowest BCUT2D eigenvalue weighted by Gasteiger charge is -2.14. The molecule has 1 atom stereocenters. The van der Waals surface area contributed by atoms with E-state index in [9.17, 15) is 0 Å². The summed E-state index contributed by atoms with van der Waals surface area (Å²) >= 11 is 0. The molecule has 0 bridgehead atoms. The Balaban J connectivity index is 4.19. The van der Waals surface area contributed by atoms with Crippen LogP contribution in [-0.4, -0.2) is 0 Å². The molecule has 88 valence electrons. The van der Waals surface area contributed by atoms with E-state index in [2.05, 4.69) is 52.8 Å². The minimum atomic E-state index is 0.659. The second-order valence-corrected chi connectivity index (χ2v) is 4.73. The van der Waals surface area contributed by atoms with E-state index in [-0.39, 0.29) is 0 Å². The SMILES string of the molecule is C/C=C(\C=C/C(C)C)CC(CC)CCC. The fraction of sp³-hybridized carbons (Fsp3) is 0.733. The fourth-order valence-electron chi connectivity index (χ4n) is 1.79. The maximum absolute atomic E-state index is 2.31. The molecular formula is C15H28. The topological polar surface area (TPSA) is 0 Å². The summed E-state index contributed by atoms with van der Waals surface area (Å²) in [6.45, 7) is 11.2. The van der Waals surface area contributed by atoms with Gasteiger partial charge in [0.1, 0.15) is 0 Å². The number of allylic oxidation sites excluding steroid dienone is 4. The van der Waals surface area contributed by atoms with Crippen LogP contribution in [0.15, 0.2) is 23.8 Å². The normalized spacial score (nSPS) is 15.2. The summed E-state index contributed by atoms with van der Waals surface area (Å²) in [7, 11) is 0. The molecule has 0 radical (unpaired) electrons. The molecule has 0 saturated carbocycles. The maximum atomic E-state index is 2.31. The molecule has 0 rings (SSSR count). The van der Waals surface area contributed by atoms with E-state index in [0.29, 0.717) is 5.92 Å². The van der Waals surface area contributed by atoms with E-state index in [1.165, 1.54) is 31.3 Å². The molecule has 0 nitrogen and oxygen atoms in total. The first-order chi connectivity index (χ1) is 7.13. The van der Waals surface area contributed by atoms with Gasteiger partial charge >= 0.3 is 0 Å². The van der Waals surface area contributed by atoms with Gasteiger partial charge < -0.3 is 0 Å². The highest BCUT2D eigenvalue weighted by Gasteiger charge is 2.06. The van der Waals surface area contributed by atoms with Crippen molar-refractivity contribution >= 4 is 0 Å². The lowest BCUT2D eigenvalue weighted by atomic mass is 9.92. The summed E-state index contributed by atoms with van der Waals surface area (Å²) in [5.41, 5.74) is 1.50. The second kappa shape index (κ2) is 8.76. The van der Waals surface area contributed by atoms with Crippen molar-refractivity contribution in [3.05, 3.63) is 23.8 Å². The molecule has 0 aliphatic carbocycles. The average Bonchev–Trinajstić information content (AvgIpc) is 2.22. The predicted molar refractivity (Wildman–Crippen MR) is 71.0 cm³/mol. The Hall–Kier alpha value is -0.520. The van der Waals surface area contributed by atoms with E-state index < -0.39 is 0 Å². The third kappa shape index (κ3) is 7.41. The first-order valence-corrected chi connectivity index (χ1v) is 6.47. The number of rotatable bonds is 7. The van der Waals surface area contributed by atoms with Gasteiger partial charge in [0, 0.05) is 0 Å². The summed E-state index contributed by atoms with van der Waals surface area (Å²) < 4.78 is 0. The van der Waals surface area contributed by atoms with Gasteiger partial charge in [0.25, 0.3) is 0 Å². The minimum absolute atomic E-state index is 0.659. The molecule has 0 aromatic heterocycles. The van der Waals surface area contributed by atoms with E-state index in [1.807, 2.05) is 0 Å². The van der Waals surface area contributed by atoms with Crippen molar-refractivity contribution in [3.8, 4) is 0 Å². The standard InChI is InChI=1S/C15H28/c1-6-9-14(7-2)12-15(8-3)11-10-13(4)5/h8,10-11,13-14H,6-7,9,12H2,1-5H3/b11-10-,15-8+. The molecule has 0 saturated heterocycles. The van der Waals surface area contributed by atoms with Crippen LogP contribution in [0.5, 0.6) is 0 Å². The zero-order valence-electron chi connectivity index (χ0n) is 11.2. The van der Waals surface area contributed by atoms with Crippen molar-refractivity contribution in [2.24, 2.45) is 11.8 Å². The van der Waals surface area contributed by atoms with Crippen LogP contribution in [-0.2, 0) is 0 Å². The molecule has 0 aromatic rings. The highest BCUT2D eigenvalue weighted by atomic mass is 14.1. The first-order valence-electron chi connectivity index (χ1n) is 6.47. The van der Waals surface area contributed by atoms with Crippen LogP contribution in [0.4, 0.5) is 0 Å². The Morgan fingerprint density at radius 1 is 1.20 bits per heavy atom. The zero-order chi connectivity index (χ0) is 11.7. The zero-order valence-corrected chi connectivity index (χ0v) is 11.2. The molecule has 0 N–H and O–H groups in total. The Labute approximate surface area is 96.5 Å². The quantitative estimate of drug-likeness (QED) is 0.494. The van der Waals surface area contributed by atoms with Gasteiger partial charge in [-0.05, 0) is 25.2 Å². The average molecular weight is 208 g/mol. The van der Waals surface area contributed by atoms with Gasteiger partial charge in [0.2, 0.25) is 0 Å². The van der Waals surface area contributed by atoms with Crippen molar-refractivity contribution in [2.45, 2.75) is 60.3 Å². The van der Waals surface area contributed by atoms with Crippen molar-refractivity contribution in [3.63, 3.8) is 0 Å². The van der Waals surface area contributed by atoms with Gasteiger partial charge in [-0.1, -0.05) is 70.8 Å². The van der Waals surface area contributed by atoms with E-state index in [4.69, 9.17) is 0 Å². The third-order valence-corrected chi connectivity index (χ3v) is 2.86. The third-order valence-electron chi connectivity index (χ3n) is 2.86.